The molecule has 1 fully saturated rings. The Balaban J connectivity index is 1.55. The second-order valence-electron chi connectivity index (χ2n) is 7.74. The minimum absolute atomic E-state index is 0.0122. The Hall–Kier alpha value is -2.01. The van der Waals surface area contributed by atoms with Crippen LogP contribution in [0.2, 0.25) is 0 Å². The summed E-state index contributed by atoms with van der Waals surface area (Å²) in [7, 11) is 0. The molecule has 0 amide bonds. The molecule has 1 aromatic carbocycles. The second-order valence-corrected chi connectivity index (χ2v) is 8.89. The number of aliphatic hydroxyl groups excluding tert-OH is 1. The molecule has 1 saturated heterocycles. The highest BCUT2D eigenvalue weighted by Gasteiger charge is 2.34. The first-order chi connectivity index (χ1) is 14.2. The molecule has 1 aliphatic carbocycles. The van der Waals surface area contributed by atoms with Gasteiger partial charge in [0.1, 0.15) is 12.4 Å². The third kappa shape index (κ3) is 6.23. The first-order valence-corrected chi connectivity index (χ1v) is 11.8. The lowest BCUT2D eigenvalue weighted by atomic mass is 9.77. The van der Waals surface area contributed by atoms with E-state index in [4.69, 9.17) is 4.84 Å². The standard InChI is InChI=1S/C24H31NO3S/c1-2-21(25-28-13-7-6-11-18-9-4-3-5-10-18)24-22(26)15-20(16-23(24)27)19-12-8-14-29-17-19/h3-7,9-10,19-20,26H,2,8,11-17H2,1H3. The van der Waals surface area contributed by atoms with Crippen molar-refractivity contribution in [2.75, 3.05) is 18.1 Å². The Morgan fingerprint density at radius 2 is 2.07 bits per heavy atom. The second kappa shape index (κ2) is 11.2. The summed E-state index contributed by atoms with van der Waals surface area (Å²) in [5.74, 6) is 3.33. The number of hydrogen-bond donors (Lipinski definition) is 1. The van der Waals surface area contributed by atoms with Gasteiger partial charge in [-0.25, -0.2) is 0 Å². The van der Waals surface area contributed by atoms with E-state index in [0.29, 0.717) is 43.1 Å². The van der Waals surface area contributed by atoms with Crippen molar-refractivity contribution in [1.29, 1.82) is 0 Å². The largest absolute Gasteiger partial charge is 0.511 e. The van der Waals surface area contributed by atoms with Crippen molar-refractivity contribution in [3.05, 3.63) is 59.4 Å². The number of ketones is 1. The molecule has 2 atom stereocenters. The Labute approximate surface area is 178 Å². The molecule has 0 bridgehead atoms. The molecule has 1 N–H and O–H groups in total. The van der Waals surface area contributed by atoms with Crippen molar-refractivity contribution in [3.63, 3.8) is 0 Å². The van der Waals surface area contributed by atoms with Crippen LogP contribution in [0.1, 0.15) is 44.6 Å². The summed E-state index contributed by atoms with van der Waals surface area (Å²) in [6.45, 7) is 2.28. The highest BCUT2D eigenvalue weighted by molar-refractivity contribution is 7.99. The van der Waals surface area contributed by atoms with Crippen LogP contribution in [0.25, 0.3) is 0 Å². The smallest absolute Gasteiger partial charge is 0.168 e. The first kappa shape index (κ1) is 21.7. The zero-order chi connectivity index (χ0) is 20.5. The molecule has 3 rings (SSSR count). The third-order valence-electron chi connectivity index (χ3n) is 5.66. The number of oxime groups is 1. The molecule has 156 valence electrons. The Bertz CT molecular complexity index is 764. The fourth-order valence-corrected chi connectivity index (χ4v) is 5.35. The molecular formula is C24H31NO3S. The molecule has 29 heavy (non-hydrogen) atoms. The van der Waals surface area contributed by atoms with E-state index in [1.165, 1.54) is 24.2 Å². The average Bonchev–Trinajstić information content (AvgIpc) is 2.75. The molecule has 0 radical (unpaired) electrons. The van der Waals surface area contributed by atoms with Crippen LogP contribution < -0.4 is 0 Å². The van der Waals surface area contributed by atoms with Crippen LogP contribution in [-0.4, -0.2) is 34.7 Å². The van der Waals surface area contributed by atoms with Gasteiger partial charge in [-0.05, 0) is 60.7 Å². The number of carbonyl (C=O) groups excluding carboxylic acids is 1. The summed E-state index contributed by atoms with van der Waals surface area (Å²) < 4.78 is 0. The number of allylic oxidation sites excluding steroid dienone is 3. The zero-order valence-electron chi connectivity index (χ0n) is 17.2. The van der Waals surface area contributed by atoms with Gasteiger partial charge in [0.15, 0.2) is 5.78 Å². The maximum Gasteiger partial charge on any atom is 0.168 e. The van der Waals surface area contributed by atoms with E-state index in [1.54, 1.807) is 0 Å². The summed E-state index contributed by atoms with van der Waals surface area (Å²) in [5, 5.41) is 14.8. The number of Topliss-reactive ketones (excluding diaryl/α,β-unsaturated/α-hetero) is 1. The number of aliphatic hydroxyl groups is 1. The fraction of sp³-hybridized carbons (Fsp3) is 0.500. The first-order valence-electron chi connectivity index (χ1n) is 10.6. The summed E-state index contributed by atoms with van der Waals surface area (Å²) in [4.78, 5) is 18.2. The van der Waals surface area contributed by atoms with Crippen LogP contribution in [0.15, 0.2) is 59.0 Å². The molecule has 2 unspecified atom stereocenters. The van der Waals surface area contributed by atoms with Crippen LogP contribution in [0.4, 0.5) is 0 Å². The quantitative estimate of drug-likeness (QED) is 0.264. The number of rotatable bonds is 8. The average molecular weight is 414 g/mol. The van der Waals surface area contributed by atoms with Gasteiger partial charge in [-0.3, -0.25) is 4.79 Å². The number of thioether (sulfide) groups is 1. The van der Waals surface area contributed by atoms with Gasteiger partial charge in [-0.1, -0.05) is 48.5 Å². The van der Waals surface area contributed by atoms with Gasteiger partial charge in [-0.2, -0.15) is 11.8 Å². The highest BCUT2D eigenvalue weighted by Crippen LogP contribution is 2.38. The molecule has 1 heterocycles. The van der Waals surface area contributed by atoms with Crippen molar-refractivity contribution < 1.29 is 14.7 Å². The SMILES string of the molecule is CCC(=NOCC=CCc1ccccc1)C1=C(O)CC(C2CCCSC2)CC1=O. The lowest BCUT2D eigenvalue weighted by molar-refractivity contribution is -0.117. The van der Waals surface area contributed by atoms with E-state index in [0.717, 1.165) is 12.2 Å². The minimum atomic E-state index is 0.0122. The van der Waals surface area contributed by atoms with Crippen molar-refractivity contribution in [1.82, 2.24) is 0 Å². The predicted molar refractivity (Wildman–Crippen MR) is 120 cm³/mol. The van der Waals surface area contributed by atoms with Crippen molar-refractivity contribution in [3.8, 4) is 0 Å². The van der Waals surface area contributed by atoms with Crippen LogP contribution in [0.5, 0.6) is 0 Å². The normalized spacial score (nSPS) is 23.6. The summed E-state index contributed by atoms with van der Waals surface area (Å²) in [6.07, 6.45) is 8.86. The van der Waals surface area contributed by atoms with Crippen LogP contribution >= 0.6 is 11.8 Å². The lowest BCUT2D eigenvalue weighted by Crippen LogP contribution is -2.30. The molecule has 0 aromatic heterocycles. The number of nitrogens with zero attached hydrogens (tertiary/aromatic N) is 1. The summed E-state index contributed by atoms with van der Waals surface area (Å²) >= 11 is 1.97. The minimum Gasteiger partial charge on any atom is -0.511 e. The van der Waals surface area contributed by atoms with E-state index < -0.39 is 0 Å². The van der Waals surface area contributed by atoms with Gasteiger partial charge in [-0.15, -0.1) is 0 Å². The van der Waals surface area contributed by atoms with E-state index in [2.05, 4.69) is 17.3 Å². The third-order valence-corrected chi connectivity index (χ3v) is 6.91. The van der Waals surface area contributed by atoms with Gasteiger partial charge < -0.3 is 9.94 Å². The highest BCUT2D eigenvalue weighted by atomic mass is 32.2. The zero-order valence-corrected chi connectivity index (χ0v) is 18.0. The molecular weight excluding hydrogens is 382 g/mol. The number of benzene rings is 1. The van der Waals surface area contributed by atoms with Crippen LogP contribution in [-0.2, 0) is 16.1 Å². The summed E-state index contributed by atoms with van der Waals surface area (Å²) in [5.41, 5.74) is 2.19. The molecule has 0 saturated carbocycles. The molecule has 2 aliphatic rings. The van der Waals surface area contributed by atoms with Gasteiger partial charge in [0.2, 0.25) is 0 Å². The van der Waals surface area contributed by atoms with E-state index >= 15 is 0 Å². The van der Waals surface area contributed by atoms with E-state index in [1.807, 2.05) is 49.0 Å². The lowest BCUT2D eigenvalue weighted by Gasteiger charge is -2.32. The molecule has 4 nitrogen and oxygen atoms in total. The van der Waals surface area contributed by atoms with E-state index in [9.17, 15) is 9.90 Å². The fourth-order valence-electron chi connectivity index (χ4n) is 4.07. The molecule has 1 aromatic rings. The maximum atomic E-state index is 12.8. The molecule has 5 heteroatoms. The predicted octanol–water partition coefficient (Wildman–Crippen LogP) is 5.50. The van der Waals surface area contributed by atoms with Gasteiger partial charge in [0.25, 0.3) is 0 Å². The van der Waals surface area contributed by atoms with Gasteiger partial charge in [0, 0.05) is 12.8 Å². The topological polar surface area (TPSA) is 58.9 Å². The number of hydrogen-bond acceptors (Lipinski definition) is 5. The van der Waals surface area contributed by atoms with Gasteiger partial charge in [0.05, 0.1) is 11.3 Å². The monoisotopic (exact) mass is 413 g/mol. The molecule has 0 spiro atoms. The van der Waals surface area contributed by atoms with Crippen LogP contribution in [0.3, 0.4) is 0 Å². The molecule has 1 aliphatic heterocycles. The van der Waals surface area contributed by atoms with Crippen LogP contribution in [0, 0.1) is 11.8 Å². The van der Waals surface area contributed by atoms with Crippen molar-refractivity contribution in [2.24, 2.45) is 17.0 Å². The number of carbonyl (C=O) groups is 1. The Morgan fingerprint density at radius 3 is 2.76 bits per heavy atom. The Morgan fingerprint density at radius 1 is 1.24 bits per heavy atom. The maximum absolute atomic E-state index is 12.8. The van der Waals surface area contributed by atoms with Crippen molar-refractivity contribution >= 4 is 23.3 Å². The van der Waals surface area contributed by atoms with Gasteiger partial charge >= 0.3 is 0 Å². The summed E-state index contributed by atoms with van der Waals surface area (Å²) in [6, 6.07) is 10.2. The Kier molecular flexibility index (Phi) is 8.41. The van der Waals surface area contributed by atoms with E-state index in [-0.39, 0.29) is 17.5 Å². The van der Waals surface area contributed by atoms with Crippen molar-refractivity contribution in [2.45, 2.75) is 45.4 Å².